The highest BCUT2D eigenvalue weighted by atomic mass is 15.3. The first-order chi connectivity index (χ1) is 7.61. The van der Waals surface area contributed by atoms with Gasteiger partial charge in [0.25, 0.3) is 0 Å². The fourth-order valence-electron chi connectivity index (χ4n) is 1.79. The smallest absolute Gasteiger partial charge is 0.123 e. The Balaban J connectivity index is 3.35. The normalized spacial score (nSPS) is 11.3. The summed E-state index contributed by atoms with van der Waals surface area (Å²) in [5.41, 5.74) is 12.2. The molecule has 0 saturated carbocycles. The summed E-state index contributed by atoms with van der Waals surface area (Å²) in [6, 6.07) is 5.78. The molecule has 86 valence electrons. The van der Waals surface area contributed by atoms with Crippen LogP contribution in [0.15, 0.2) is 23.3 Å². The number of nitrogens with one attached hydrogen (secondary N) is 2. The highest BCUT2D eigenvalue weighted by molar-refractivity contribution is 6.04. The van der Waals surface area contributed by atoms with Crippen LogP contribution in [0.4, 0.5) is 0 Å². The molecule has 0 bridgehead atoms. The van der Waals surface area contributed by atoms with Crippen LogP contribution in [0.2, 0.25) is 0 Å². The summed E-state index contributed by atoms with van der Waals surface area (Å²) >= 11 is 0. The molecule has 4 N–H and O–H groups in total. The van der Waals surface area contributed by atoms with Crippen molar-refractivity contribution >= 4 is 11.5 Å². The quantitative estimate of drug-likeness (QED) is 0.407. The van der Waals surface area contributed by atoms with E-state index < -0.39 is 0 Å². The van der Waals surface area contributed by atoms with Crippen molar-refractivity contribution in [2.45, 2.75) is 20.3 Å². The molecule has 1 rings (SSSR count). The largest absolute Gasteiger partial charge is 0.384 e. The van der Waals surface area contributed by atoms with Gasteiger partial charge in [0.1, 0.15) is 5.84 Å². The lowest BCUT2D eigenvalue weighted by atomic mass is 9.95. The molecule has 0 amide bonds. The van der Waals surface area contributed by atoms with Gasteiger partial charge in [0.05, 0.1) is 5.71 Å². The summed E-state index contributed by atoms with van der Waals surface area (Å²) in [7, 11) is 1.77. The molecule has 1 aromatic carbocycles. The number of nitrogens with two attached hydrogens (primary N) is 1. The van der Waals surface area contributed by atoms with Crippen molar-refractivity contribution in [1.29, 1.82) is 5.41 Å². The molecule has 0 saturated heterocycles. The van der Waals surface area contributed by atoms with Gasteiger partial charge in [-0.1, -0.05) is 25.1 Å². The van der Waals surface area contributed by atoms with Crippen molar-refractivity contribution in [3.05, 3.63) is 34.9 Å². The molecule has 0 aliphatic heterocycles. The lowest BCUT2D eigenvalue weighted by Gasteiger charge is -2.12. The van der Waals surface area contributed by atoms with Crippen LogP contribution >= 0.6 is 0 Å². The Kier molecular flexibility index (Phi) is 4.05. The fourth-order valence-corrected chi connectivity index (χ4v) is 1.79. The highest BCUT2D eigenvalue weighted by Gasteiger charge is 2.10. The average molecular weight is 218 g/mol. The fraction of sp³-hybridized carbons (Fsp3) is 0.333. The predicted molar refractivity (Wildman–Crippen MR) is 68.1 cm³/mol. The van der Waals surface area contributed by atoms with Crippen molar-refractivity contribution < 1.29 is 0 Å². The summed E-state index contributed by atoms with van der Waals surface area (Å²) in [6.45, 7) is 3.99. The minimum Gasteiger partial charge on any atom is -0.384 e. The zero-order valence-corrected chi connectivity index (χ0v) is 9.96. The van der Waals surface area contributed by atoms with Crippen LogP contribution in [0.25, 0.3) is 0 Å². The van der Waals surface area contributed by atoms with E-state index >= 15 is 0 Å². The van der Waals surface area contributed by atoms with Gasteiger partial charge in [-0.25, -0.2) is 0 Å². The zero-order chi connectivity index (χ0) is 12.1. The van der Waals surface area contributed by atoms with Gasteiger partial charge in [-0.15, -0.1) is 0 Å². The van der Waals surface area contributed by atoms with Gasteiger partial charge in [0, 0.05) is 18.2 Å². The van der Waals surface area contributed by atoms with Gasteiger partial charge in [-0.05, 0) is 18.9 Å². The molecule has 0 aliphatic rings. The zero-order valence-electron chi connectivity index (χ0n) is 9.96. The van der Waals surface area contributed by atoms with E-state index in [0.717, 1.165) is 28.8 Å². The standard InChI is InChI=1S/C12H18N4/c1-4-9-10(8(2)16-15-3)6-5-7-11(9)12(13)14/h5-7,15H,4H2,1-3H3,(H3,13,14)/b16-8+. The molecule has 0 radical (unpaired) electrons. The maximum Gasteiger partial charge on any atom is 0.123 e. The van der Waals surface area contributed by atoms with Crippen LogP contribution in [0.5, 0.6) is 0 Å². The van der Waals surface area contributed by atoms with E-state index in [-0.39, 0.29) is 5.84 Å². The van der Waals surface area contributed by atoms with Crippen molar-refractivity contribution in [1.82, 2.24) is 5.43 Å². The second-order valence-corrected chi connectivity index (χ2v) is 3.52. The molecule has 0 aliphatic carbocycles. The predicted octanol–water partition coefficient (Wildman–Crippen LogP) is 1.48. The number of nitrogens with zero attached hydrogens (tertiary/aromatic N) is 1. The van der Waals surface area contributed by atoms with Gasteiger partial charge < -0.3 is 11.2 Å². The Morgan fingerprint density at radius 3 is 2.56 bits per heavy atom. The van der Waals surface area contributed by atoms with E-state index in [1.807, 2.05) is 25.1 Å². The summed E-state index contributed by atoms with van der Waals surface area (Å²) in [6.07, 6.45) is 0.835. The van der Waals surface area contributed by atoms with Gasteiger partial charge in [-0.3, -0.25) is 5.41 Å². The molecule has 0 spiro atoms. The van der Waals surface area contributed by atoms with Crippen molar-refractivity contribution in [2.75, 3.05) is 7.05 Å². The second-order valence-electron chi connectivity index (χ2n) is 3.52. The number of amidine groups is 1. The summed E-state index contributed by atoms with van der Waals surface area (Å²) in [5, 5.41) is 11.7. The van der Waals surface area contributed by atoms with Gasteiger partial charge in [-0.2, -0.15) is 5.10 Å². The van der Waals surface area contributed by atoms with Gasteiger partial charge in [0.15, 0.2) is 0 Å². The molecule has 1 aromatic rings. The molecule has 16 heavy (non-hydrogen) atoms. The number of hydrazone groups is 1. The number of benzene rings is 1. The third-order valence-electron chi connectivity index (χ3n) is 2.49. The molecule has 0 fully saturated rings. The third-order valence-corrected chi connectivity index (χ3v) is 2.49. The van der Waals surface area contributed by atoms with E-state index in [1.54, 1.807) is 7.05 Å². The third kappa shape index (κ3) is 2.39. The topological polar surface area (TPSA) is 74.3 Å². The van der Waals surface area contributed by atoms with E-state index in [9.17, 15) is 0 Å². The molecule has 4 heteroatoms. The Morgan fingerprint density at radius 1 is 1.44 bits per heavy atom. The van der Waals surface area contributed by atoms with Gasteiger partial charge >= 0.3 is 0 Å². The van der Waals surface area contributed by atoms with Crippen LogP contribution in [0.1, 0.15) is 30.5 Å². The first kappa shape index (κ1) is 12.2. The first-order valence-electron chi connectivity index (χ1n) is 5.29. The Morgan fingerprint density at radius 2 is 2.06 bits per heavy atom. The van der Waals surface area contributed by atoms with Crippen molar-refractivity contribution in [3.63, 3.8) is 0 Å². The Labute approximate surface area is 96.1 Å². The van der Waals surface area contributed by atoms with Crippen LogP contribution in [0, 0.1) is 5.41 Å². The molecular formula is C12H18N4. The highest BCUT2D eigenvalue weighted by Crippen LogP contribution is 2.16. The average Bonchev–Trinajstić information content (AvgIpc) is 2.28. The molecule has 4 nitrogen and oxygen atoms in total. The monoisotopic (exact) mass is 218 g/mol. The van der Waals surface area contributed by atoms with Crippen LogP contribution in [-0.2, 0) is 6.42 Å². The molecule has 0 heterocycles. The molecule has 0 atom stereocenters. The van der Waals surface area contributed by atoms with E-state index in [0.29, 0.717) is 0 Å². The number of nitrogen functional groups attached to an aromatic ring is 1. The van der Waals surface area contributed by atoms with Gasteiger partial charge in [0.2, 0.25) is 0 Å². The first-order valence-corrected chi connectivity index (χ1v) is 5.29. The van der Waals surface area contributed by atoms with E-state index in [4.69, 9.17) is 11.1 Å². The van der Waals surface area contributed by atoms with Crippen LogP contribution < -0.4 is 11.2 Å². The molecule has 0 aromatic heterocycles. The number of rotatable bonds is 4. The summed E-state index contributed by atoms with van der Waals surface area (Å²) in [4.78, 5) is 0. The van der Waals surface area contributed by atoms with Crippen molar-refractivity contribution in [3.8, 4) is 0 Å². The lowest BCUT2D eigenvalue weighted by molar-refractivity contribution is 0.898. The number of hydrogen-bond acceptors (Lipinski definition) is 3. The SMILES string of the molecule is CCc1c(C(=N)N)cccc1/C(C)=N/NC. The minimum absolute atomic E-state index is 0.107. The Bertz CT molecular complexity index is 421. The number of hydrogen-bond donors (Lipinski definition) is 3. The summed E-state index contributed by atoms with van der Waals surface area (Å²) < 4.78 is 0. The lowest BCUT2D eigenvalue weighted by Crippen LogP contribution is -2.16. The second kappa shape index (κ2) is 5.30. The van der Waals surface area contributed by atoms with Crippen LogP contribution in [-0.4, -0.2) is 18.6 Å². The van der Waals surface area contributed by atoms with E-state index in [1.165, 1.54) is 0 Å². The van der Waals surface area contributed by atoms with E-state index in [2.05, 4.69) is 17.5 Å². The maximum atomic E-state index is 7.54. The van der Waals surface area contributed by atoms with Crippen molar-refractivity contribution in [2.24, 2.45) is 10.8 Å². The summed E-state index contributed by atoms with van der Waals surface area (Å²) in [5.74, 6) is 0.107. The van der Waals surface area contributed by atoms with Crippen LogP contribution in [0.3, 0.4) is 0 Å². The Hall–Kier alpha value is -1.84. The minimum atomic E-state index is 0.107. The molecule has 0 unspecified atom stereocenters. The maximum absolute atomic E-state index is 7.54. The molecular weight excluding hydrogens is 200 g/mol.